The second kappa shape index (κ2) is 4.99. The summed E-state index contributed by atoms with van der Waals surface area (Å²) in [7, 11) is 1.61. The van der Waals surface area contributed by atoms with Crippen molar-refractivity contribution in [2.45, 2.75) is 26.8 Å². The van der Waals surface area contributed by atoms with Crippen LogP contribution in [0.3, 0.4) is 0 Å². The van der Waals surface area contributed by atoms with Gasteiger partial charge in [0, 0.05) is 19.2 Å². The highest BCUT2D eigenvalue weighted by atomic mass is 16.6. The normalized spacial score (nSPS) is 12.5. The molecule has 0 bridgehead atoms. The molecule has 0 aromatic carbocycles. The number of aromatic nitrogens is 1. The van der Waals surface area contributed by atoms with Crippen molar-refractivity contribution < 1.29 is 9.72 Å². The molecule has 0 aliphatic carbocycles. The number of amides is 1. The zero-order valence-corrected chi connectivity index (χ0v) is 10.4. The number of nitro groups is 1. The maximum Gasteiger partial charge on any atom is 0.287 e. The fourth-order valence-electron chi connectivity index (χ4n) is 1.32. The Morgan fingerprint density at radius 2 is 2.06 bits per heavy atom. The summed E-state index contributed by atoms with van der Waals surface area (Å²) in [6.45, 7) is 5.90. The van der Waals surface area contributed by atoms with E-state index in [1.54, 1.807) is 7.05 Å². The third kappa shape index (κ3) is 3.05. The Kier molecular flexibility index (Phi) is 3.88. The molecule has 6 nitrogen and oxygen atoms in total. The smallest absolute Gasteiger partial charge is 0.287 e. The molecule has 0 spiro atoms. The van der Waals surface area contributed by atoms with Gasteiger partial charge in [-0.05, 0) is 12.8 Å². The number of hydrogen-bond donors (Lipinski definition) is 1. The van der Waals surface area contributed by atoms with Crippen LogP contribution in [0.15, 0.2) is 12.3 Å². The number of carbonyl (C=O) groups is 1. The van der Waals surface area contributed by atoms with Crippen LogP contribution in [0.4, 0.5) is 5.69 Å². The fourth-order valence-corrected chi connectivity index (χ4v) is 1.32. The topological polar surface area (TPSA) is 77.2 Å². The summed E-state index contributed by atoms with van der Waals surface area (Å²) < 4.78 is 1.46. The molecule has 1 N–H and O–H groups in total. The molecular weight excluding hydrogens is 222 g/mol. The Bertz CT molecular complexity index is 437. The highest BCUT2D eigenvalue weighted by Gasteiger charge is 2.19. The first-order valence-electron chi connectivity index (χ1n) is 5.44. The Hall–Kier alpha value is -1.85. The fraction of sp³-hybridized carbons (Fsp3) is 0.545. The van der Waals surface area contributed by atoms with Crippen molar-refractivity contribution in [1.29, 1.82) is 0 Å². The van der Waals surface area contributed by atoms with Crippen LogP contribution < -0.4 is 5.32 Å². The largest absolute Gasteiger partial charge is 0.348 e. The zero-order chi connectivity index (χ0) is 13.2. The van der Waals surface area contributed by atoms with Crippen molar-refractivity contribution in [2.24, 2.45) is 13.0 Å². The van der Waals surface area contributed by atoms with Crippen LogP contribution in [0.25, 0.3) is 0 Å². The van der Waals surface area contributed by atoms with Gasteiger partial charge in [-0.25, -0.2) is 0 Å². The van der Waals surface area contributed by atoms with Crippen molar-refractivity contribution in [3.8, 4) is 0 Å². The van der Waals surface area contributed by atoms with E-state index >= 15 is 0 Å². The van der Waals surface area contributed by atoms with Crippen LogP contribution in [0.5, 0.6) is 0 Å². The third-order valence-electron chi connectivity index (χ3n) is 2.79. The minimum Gasteiger partial charge on any atom is -0.348 e. The average Bonchev–Trinajstić information content (AvgIpc) is 2.60. The van der Waals surface area contributed by atoms with E-state index in [-0.39, 0.29) is 17.6 Å². The summed E-state index contributed by atoms with van der Waals surface area (Å²) in [5, 5.41) is 13.4. The molecule has 0 saturated carbocycles. The van der Waals surface area contributed by atoms with Gasteiger partial charge in [0.2, 0.25) is 0 Å². The van der Waals surface area contributed by atoms with Gasteiger partial charge in [0.05, 0.1) is 11.1 Å². The maximum absolute atomic E-state index is 11.9. The van der Waals surface area contributed by atoms with E-state index < -0.39 is 4.92 Å². The Morgan fingerprint density at radius 1 is 1.47 bits per heavy atom. The van der Waals surface area contributed by atoms with Gasteiger partial charge in [0.1, 0.15) is 5.69 Å². The minimum atomic E-state index is -0.511. The summed E-state index contributed by atoms with van der Waals surface area (Å²) in [5.74, 6) is 0.0241. The molecular formula is C11H17N3O3. The molecule has 1 rings (SSSR count). The number of carbonyl (C=O) groups excluding carboxylic acids is 1. The molecule has 0 saturated heterocycles. The highest BCUT2D eigenvalue weighted by Crippen LogP contribution is 2.15. The Labute approximate surface area is 99.8 Å². The van der Waals surface area contributed by atoms with E-state index in [9.17, 15) is 14.9 Å². The van der Waals surface area contributed by atoms with E-state index in [2.05, 4.69) is 5.32 Å². The molecule has 0 fully saturated rings. The molecule has 1 aromatic rings. The van der Waals surface area contributed by atoms with Gasteiger partial charge in [-0.2, -0.15) is 0 Å². The predicted octanol–water partition coefficient (Wildman–Crippen LogP) is 1.71. The molecule has 0 aliphatic heterocycles. The van der Waals surface area contributed by atoms with Crippen molar-refractivity contribution in [1.82, 2.24) is 9.88 Å². The molecule has 0 radical (unpaired) electrons. The van der Waals surface area contributed by atoms with E-state index in [0.29, 0.717) is 11.6 Å². The number of hydrogen-bond acceptors (Lipinski definition) is 3. The van der Waals surface area contributed by atoms with Crippen LogP contribution in [-0.2, 0) is 7.05 Å². The molecule has 6 heteroatoms. The standard InChI is InChI=1S/C11H17N3O3/c1-7(2)8(3)12-11(15)10-5-9(14(16)17)6-13(10)4/h5-8H,1-4H3,(H,12,15). The quantitative estimate of drug-likeness (QED) is 0.641. The SMILES string of the molecule is CC(C)C(C)NC(=O)c1cc([N+](=O)[O-])cn1C. The predicted molar refractivity (Wildman–Crippen MR) is 63.8 cm³/mol. The minimum absolute atomic E-state index is 0.0245. The Balaban J connectivity index is 2.86. The van der Waals surface area contributed by atoms with Gasteiger partial charge in [0.15, 0.2) is 0 Å². The van der Waals surface area contributed by atoms with Gasteiger partial charge >= 0.3 is 0 Å². The van der Waals surface area contributed by atoms with Crippen molar-refractivity contribution in [2.75, 3.05) is 0 Å². The summed E-state index contributed by atoms with van der Waals surface area (Å²) in [6, 6.07) is 1.30. The molecule has 1 amide bonds. The third-order valence-corrected chi connectivity index (χ3v) is 2.79. The monoisotopic (exact) mass is 239 g/mol. The highest BCUT2D eigenvalue weighted by molar-refractivity contribution is 5.93. The molecule has 1 atom stereocenters. The van der Waals surface area contributed by atoms with Gasteiger partial charge in [-0.3, -0.25) is 14.9 Å². The first kappa shape index (κ1) is 13.2. The number of aryl methyl sites for hydroxylation is 1. The van der Waals surface area contributed by atoms with Crippen LogP contribution in [0.1, 0.15) is 31.3 Å². The lowest BCUT2D eigenvalue weighted by atomic mass is 10.1. The summed E-state index contributed by atoms with van der Waals surface area (Å²) in [5.41, 5.74) is 0.221. The zero-order valence-electron chi connectivity index (χ0n) is 10.4. The number of nitrogens with zero attached hydrogens (tertiary/aromatic N) is 2. The van der Waals surface area contributed by atoms with Crippen molar-refractivity contribution in [3.63, 3.8) is 0 Å². The van der Waals surface area contributed by atoms with Crippen molar-refractivity contribution in [3.05, 3.63) is 28.1 Å². The lowest BCUT2D eigenvalue weighted by molar-refractivity contribution is -0.384. The molecule has 94 valence electrons. The Morgan fingerprint density at radius 3 is 2.47 bits per heavy atom. The van der Waals surface area contributed by atoms with Crippen molar-refractivity contribution >= 4 is 11.6 Å². The van der Waals surface area contributed by atoms with E-state index in [1.807, 2.05) is 20.8 Å². The van der Waals surface area contributed by atoms with Gasteiger partial charge in [0.25, 0.3) is 11.6 Å². The molecule has 1 unspecified atom stereocenters. The first-order valence-corrected chi connectivity index (χ1v) is 5.44. The second-order valence-corrected chi connectivity index (χ2v) is 4.46. The van der Waals surface area contributed by atoms with Crippen LogP contribution in [0, 0.1) is 16.0 Å². The number of rotatable bonds is 4. The summed E-state index contributed by atoms with van der Waals surface area (Å²) in [4.78, 5) is 21.9. The van der Waals surface area contributed by atoms with E-state index in [4.69, 9.17) is 0 Å². The van der Waals surface area contributed by atoms with Gasteiger partial charge in [-0.15, -0.1) is 0 Å². The lowest BCUT2D eigenvalue weighted by Crippen LogP contribution is -2.36. The molecule has 17 heavy (non-hydrogen) atoms. The summed E-state index contributed by atoms with van der Waals surface area (Å²) >= 11 is 0. The molecule has 1 aromatic heterocycles. The van der Waals surface area contributed by atoms with Gasteiger partial charge < -0.3 is 9.88 Å². The van der Waals surface area contributed by atoms with Crippen LogP contribution >= 0.6 is 0 Å². The first-order chi connectivity index (χ1) is 7.82. The molecule has 0 aliphatic rings. The molecule has 1 heterocycles. The van der Waals surface area contributed by atoms with E-state index in [1.165, 1.54) is 16.8 Å². The van der Waals surface area contributed by atoms with Gasteiger partial charge in [-0.1, -0.05) is 13.8 Å². The van der Waals surface area contributed by atoms with Crippen LogP contribution in [0.2, 0.25) is 0 Å². The van der Waals surface area contributed by atoms with E-state index in [0.717, 1.165) is 0 Å². The maximum atomic E-state index is 11.9. The summed E-state index contributed by atoms with van der Waals surface area (Å²) in [6.07, 6.45) is 1.33. The average molecular weight is 239 g/mol. The number of nitrogens with one attached hydrogen (secondary N) is 1. The lowest BCUT2D eigenvalue weighted by Gasteiger charge is -2.17. The van der Waals surface area contributed by atoms with Crippen LogP contribution in [-0.4, -0.2) is 21.4 Å². The second-order valence-electron chi connectivity index (χ2n) is 4.46.